The van der Waals surface area contributed by atoms with E-state index < -0.39 is 0 Å². The smallest absolute Gasteiger partial charge is 0.268 e. The van der Waals surface area contributed by atoms with Gasteiger partial charge < -0.3 is 9.88 Å². The van der Waals surface area contributed by atoms with Crippen molar-refractivity contribution in [3.8, 4) is 10.4 Å². The Kier molecular flexibility index (Phi) is 4.42. The Morgan fingerprint density at radius 1 is 1.29 bits per heavy atom. The molecule has 7 nitrogen and oxygen atoms in total. The molecule has 0 unspecified atom stereocenters. The number of carbonyl (C=O) groups is 1. The van der Waals surface area contributed by atoms with Crippen LogP contribution < -0.4 is 10.6 Å². The van der Waals surface area contributed by atoms with E-state index in [0.29, 0.717) is 16.9 Å². The molecule has 4 aromatic rings. The molecule has 1 aliphatic rings. The largest absolute Gasteiger partial charge is 0.312 e. The minimum atomic E-state index is -0.143. The lowest BCUT2D eigenvalue weighted by Gasteiger charge is -2.15. The van der Waals surface area contributed by atoms with Gasteiger partial charge in [-0.1, -0.05) is 12.1 Å². The lowest BCUT2D eigenvalue weighted by atomic mass is 10.2. The number of benzene rings is 1. The van der Waals surface area contributed by atoms with E-state index in [2.05, 4.69) is 36.4 Å². The number of aromatic nitrogens is 4. The topological polar surface area (TPSA) is 87.6 Å². The molecule has 28 heavy (non-hydrogen) atoms. The van der Waals surface area contributed by atoms with Gasteiger partial charge in [-0.05, 0) is 43.7 Å². The van der Waals surface area contributed by atoms with E-state index in [-0.39, 0.29) is 5.91 Å². The van der Waals surface area contributed by atoms with E-state index in [1.54, 1.807) is 6.20 Å². The zero-order valence-electron chi connectivity index (χ0n) is 15.2. The van der Waals surface area contributed by atoms with Crippen molar-refractivity contribution < 1.29 is 4.79 Å². The van der Waals surface area contributed by atoms with Gasteiger partial charge in [0.1, 0.15) is 0 Å². The predicted octanol–water partition coefficient (Wildman–Crippen LogP) is 3.49. The summed E-state index contributed by atoms with van der Waals surface area (Å²) in [7, 11) is 0. The Balaban J connectivity index is 1.43. The van der Waals surface area contributed by atoms with Crippen LogP contribution in [-0.4, -0.2) is 38.2 Å². The Labute approximate surface area is 165 Å². The van der Waals surface area contributed by atoms with Crippen LogP contribution in [0.25, 0.3) is 21.5 Å². The third-order valence-corrected chi connectivity index (χ3v) is 6.19. The second-order valence-corrected chi connectivity index (χ2v) is 8.02. The van der Waals surface area contributed by atoms with E-state index in [1.807, 2.05) is 36.5 Å². The van der Waals surface area contributed by atoms with Gasteiger partial charge in [-0.25, -0.2) is 4.98 Å². The summed E-state index contributed by atoms with van der Waals surface area (Å²) in [6.45, 7) is 1.84. The minimum Gasteiger partial charge on any atom is -0.312 e. The van der Waals surface area contributed by atoms with Crippen molar-refractivity contribution in [3.05, 3.63) is 53.7 Å². The summed E-state index contributed by atoms with van der Waals surface area (Å²) >= 11 is 1.44. The fraction of sp³-hybridized carbons (Fsp3) is 0.250. The zero-order valence-corrected chi connectivity index (χ0v) is 16.0. The molecule has 1 aliphatic heterocycles. The van der Waals surface area contributed by atoms with E-state index in [9.17, 15) is 4.79 Å². The molecule has 1 fully saturated rings. The highest BCUT2D eigenvalue weighted by molar-refractivity contribution is 7.17. The van der Waals surface area contributed by atoms with Gasteiger partial charge in [-0.2, -0.15) is 5.10 Å². The first-order valence-corrected chi connectivity index (χ1v) is 10.2. The number of thiophene rings is 1. The van der Waals surface area contributed by atoms with Crippen LogP contribution >= 0.6 is 11.3 Å². The molecule has 5 rings (SSSR count). The highest BCUT2D eigenvalue weighted by Gasteiger charge is 2.20. The molecule has 3 N–H and O–H groups in total. The van der Waals surface area contributed by atoms with Crippen molar-refractivity contribution in [2.24, 2.45) is 0 Å². The summed E-state index contributed by atoms with van der Waals surface area (Å²) in [6, 6.07) is 12.2. The van der Waals surface area contributed by atoms with Gasteiger partial charge in [0.15, 0.2) is 0 Å². The summed E-state index contributed by atoms with van der Waals surface area (Å²) in [5.74, 6) is 0.453. The molecule has 142 valence electrons. The van der Waals surface area contributed by atoms with E-state index in [4.69, 9.17) is 0 Å². The molecule has 3 aromatic heterocycles. The lowest BCUT2D eigenvalue weighted by molar-refractivity contribution is 0.102. The van der Waals surface area contributed by atoms with Crippen LogP contribution in [0, 0.1) is 0 Å². The summed E-state index contributed by atoms with van der Waals surface area (Å²) in [5.41, 5.74) is 2.90. The Morgan fingerprint density at radius 3 is 3.04 bits per heavy atom. The van der Waals surface area contributed by atoms with E-state index >= 15 is 0 Å². The minimum absolute atomic E-state index is 0.143. The molecule has 0 spiro atoms. The van der Waals surface area contributed by atoms with Crippen LogP contribution in [0.5, 0.6) is 0 Å². The summed E-state index contributed by atoms with van der Waals surface area (Å²) in [4.78, 5) is 19.2. The molecule has 1 saturated heterocycles. The van der Waals surface area contributed by atoms with Crippen LogP contribution in [0.2, 0.25) is 0 Å². The second kappa shape index (κ2) is 7.21. The Bertz CT molecular complexity index is 1110. The molecule has 4 heterocycles. The summed E-state index contributed by atoms with van der Waals surface area (Å²) in [6.07, 6.45) is 5.90. The van der Waals surface area contributed by atoms with Crippen LogP contribution in [-0.2, 0) is 6.54 Å². The van der Waals surface area contributed by atoms with Gasteiger partial charge >= 0.3 is 0 Å². The third-order valence-electron chi connectivity index (χ3n) is 5.06. The van der Waals surface area contributed by atoms with Crippen LogP contribution in [0.4, 0.5) is 5.95 Å². The number of amides is 1. The summed E-state index contributed by atoms with van der Waals surface area (Å²) in [5, 5.41) is 13.3. The first-order valence-electron chi connectivity index (χ1n) is 9.37. The van der Waals surface area contributed by atoms with Crippen molar-refractivity contribution in [2.45, 2.75) is 25.4 Å². The molecule has 1 amide bonds. The fourth-order valence-electron chi connectivity index (χ4n) is 3.65. The number of anilines is 1. The average Bonchev–Trinajstić information content (AvgIpc) is 3.50. The van der Waals surface area contributed by atoms with Crippen molar-refractivity contribution >= 4 is 34.2 Å². The molecular formula is C20H20N6OS. The number of nitrogens with zero attached hydrogens (tertiary/aromatic N) is 3. The maximum atomic E-state index is 12.9. The second-order valence-electron chi connectivity index (χ2n) is 6.93. The normalized spacial score (nSPS) is 16.6. The fourth-order valence-corrected chi connectivity index (χ4v) is 4.53. The maximum Gasteiger partial charge on any atom is 0.268 e. The number of H-pyrrole nitrogens is 1. The first-order chi connectivity index (χ1) is 13.8. The maximum absolute atomic E-state index is 12.9. The molecule has 1 atom stereocenters. The standard InChI is InChI=1S/C20H20N6OS/c27-19(18-8-7-17(28-18)13-10-22-23-11-13)25-20-24-15-5-1-2-6-16(15)26(20)12-14-4-3-9-21-14/h1-2,5-8,10-11,14,21H,3-4,9,12H2,(H,22,23)(H,24,25,27)/t14-/m1/s1. The molecule has 0 saturated carbocycles. The highest BCUT2D eigenvalue weighted by Crippen LogP contribution is 2.28. The number of imidazole rings is 1. The van der Waals surface area contributed by atoms with Gasteiger partial charge in [0.2, 0.25) is 5.95 Å². The van der Waals surface area contributed by atoms with Crippen LogP contribution in [0.1, 0.15) is 22.5 Å². The molecule has 8 heteroatoms. The van der Waals surface area contributed by atoms with Crippen LogP contribution in [0.3, 0.4) is 0 Å². The number of hydrogen-bond donors (Lipinski definition) is 3. The number of fused-ring (bicyclic) bond motifs is 1. The monoisotopic (exact) mass is 392 g/mol. The SMILES string of the molecule is O=C(Nc1nc2ccccc2n1C[C@H]1CCCN1)c1ccc(-c2cn[nH]c2)s1. The quantitative estimate of drug-likeness (QED) is 0.485. The van der Waals surface area contributed by atoms with Gasteiger partial charge in [-0.15, -0.1) is 11.3 Å². The van der Waals surface area contributed by atoms with Crippen molar-refractivity contribution in [2.75, 3.05) is 11.9 Å². The van der Waals surface area contributed by atoms with Gasteiger partial charge in [0.05, 0.1) is 22.1 Å². The first kappa shape index (κ1) is 17.2. The lowest BCUT2D eigenvalue weighted by Crippen LogP contribution is -2.28. The number of rotatable bonds is 5. The number of para-hydroxylation sites is 2. The van der Waals surface area contributed by atoms with Crippen molar-refractivity contribution in [1.82, 2.24) is 25.1 Å². The Hall–Kier alpha value is -2.97. The predicted molar refractivity (Wildman–Crippen MR) is 111 cm³/mol. The molecule has 0 radical (unpaired) electrons. The molecule has 1 aromatic carbocycles. The number of hydrogen-bond acceptors (Lipinski definition) is 5. The summed E-state index contributed by atoms with van der Waals surface area (Å²) < 4.78 is 2.11. The van der Waals surface area contributed by atoms with Crippen molar-refractivity contribution in [3.63, 3.8) is 0 Å². The molecular weight excluding hydrogens is 372 g/mol. The van der Waals surface area contributed by atoms with E-state index in [0.717, 1.165) is 41.0 Å². The van der Waals surface area contributed by atoms with Gasteiger partial charge in [-0.3, -0.25) is 15.2 Å². The molecule has 0 aliphatic carbocycles. The Morgan fingerprint density at radius 2 is 2.21 bits per heavy atom. The zero-order chi connectivity index (χ0) is 18.9. The van der Waals surface area contributed by atoms with E-state index in [1.165, 1.54) is 17.8 Å². The number of carbonyl (C=O) groups excluding carboxylic acids is 1. The highest BCUT2D eigenvalue weighted by atomic mass is 32.1. The average molecular weight is 392 g/mol. The number of nitrogens with one attached hydrogen (secondary N) is 3. The van der Waals surface area contributed by atoms with Crippen LogP contribution in [0.15, 0.2) is 48.8 Å². The van der Waals surface area contributed by atoms with Gasteiger partial charge in [0.25, 0.3) is 5.91 Å². The third kappa shape index (κ3) is 3.21. The molecule has 0 bridgehead atoms. The van der Waals surface area contributed by atoms with Crippen molar-refractivity contribution in [1.29, 1.82) is 0 Å². The van der Waals surface area contributed by atoms with Gasteiger partial charge in [0, 0.05) is 29.2 Å². The number of aromatic amines is 1.